The van der Waals surface area contributed by atoms with Crippen molar-refractivity contribution in [2.45, 2.75) is 83.9 Å². The lowest BCUT2D eigenvalue weighted by Crippen LogP contribution is -2.33. The Kier molecular flexibility index (Phi) is 7.57. The molecule has 13 heteroatoms. The number of hydrogen-bond acceptors (Lipinski definition) is 7. The van der Waals surface area contributed by atoms with E-state index in [1.165, 1.54) is 6.20 Å². The molecule has 0 bridgehead atoms. The normalized spacial score (nSPS) is 26.1. The van der Waals surface area contributed by atoms with Gasteiger partial charge in [-0.1, -0.05) is 41.5 Å². The number of fused-ring (bicyclic) bond motifs is 1. The molecule has 0 amide bonds. The molecule has 9 nitrogen and oxygen atoms in total. The molecule has 1 saturated heterocycles. The largest absolute Gasteiger partial charge is 0.530 e. The molecule has 37 heavy (non-hydrogen) atoms. The van der Waals surface area contributed by atoms with Crippen molar-refractivity contribution in [3.05, 3.63) is 59.2 Å². The van der Waals surface area contributed by atoms with Gasteiger partial charge in [0.2, 0.25) is 0 Å². The number of hydrogen-bond donors (Lipinski definition) is 1. The van der Waals surface area contributed by atoms with Crippen LogP contribution in [0, 0.1) is 9.39 Å². The molecule has 1 N–H and O–H groups in total. The number of benzene rings is 1. The first kappa shape index (κ1) is 28.4. The molecule has 3 heterocycles. The molecule has 1 aromatic heterocycles. The van der Waals surface area contributed by atoms with Crippen LogP contribution in [0.25, 0.3) is 0 Å². The fraction of sp³-hybridized carbons (Fsp3) is 0.583. The van der Waals surface area contributed by atoms with Crippen molar-refractivity contribution in [3.8, 4) is 5.75 Å². The topological polar surface area (TPSA) is 109 Å². The van der Waals surface area contributed by atoms with Crippen molar-refractivity contribution in [3.63, 3.8) is 0 Å². The lowest BCUT2D eigenvalue weighted by Gasteiger charge is -2.33. The van der Waals surface area contributed by atoms with Crippen LogP contribution in [0.2, 0.25) is 0 Å². The van der Waals surface area contributed by atoms with Gasteiger partial charge in [-0.3, -0.25) is 23.4 Å². The minimum Gasteiger partial charge on any atom is -0.403 e. The smallest absolute Gasteiger partial charge is 0.403 e. The maximum atomic E-state index is 15.4. The minimum atomic E-state index is -4.24. The van der Waals surface area contributed by atoms with Gasteiger partial charge in [0.05, 0.1) is 22.3 Å². The summed E-state index contributed by atoms with van der Waals surface area (Å²) in [7, 11) is -4.24. The van der Waals surface area contributed by atoms with Crippen molar-refractivity contribution in [2.75, 3.05) is 6.61 Å². The standard InChI is InChI=1S/C24H30F2IN2O7P/c1-23(2,3)13-7-14(24(4,5)6)20-12(19(13)26)10-33-37(32,36-20)34-11-17-15(25)8-18(35-17)29-9-16(27)21(30)28-22(29)31/h7,9,15,17-18H,8,10-11H2,1-6H3,(H,28,30,31)/t15-,17+,18+,37-/m0/s1/i27-2. The number of aromatic amines is 1. The van der Waals surface area contributed by atoms with Gasteiger partial charge < -0.3 is 9.26 Å². The summed E-state index contributed by atoms with van der Waals surface area (Å²) in [4.78, 5) is 25.9. The van der Waals surface area contributed by atoms with Crippen LogP contribution in [0.15, 0.2) is 21.9 Å². The molecule has 4 atom stereocenters. The first-order valence-electron chi connectivity index (χ1n) is 11.8. The average Bonchev–Trinajstić information content (AvgIpc) is 3.13. The number of H-pyrrole nitrogens is 1. The highest BCUT2D eigenvalue weighted by Crippen LogP contribution is 2.58. The van der Waals surface area contributed by atoms with Gasteiger partial charge in [0.15, 0.2) is 0 Å². The molecule has 204 valence electrons. The van der Waals surface area contributed by atoms with E-state index < -0.39 is 60.8 Å². The van der Waals surface area contributed by atoms with Crippen LogP contribution in [0.4, 0.5) is 8.78 Å². The summed E-state index contributed by atoms with van der Waals surface area (Å²) in [6.45, 7) is 10.6. The number of halogens is 3. The van der Waals surface area contributed by atoms with Crippen molar-refractivity contribution >= 4 is 30.4 Å². The zero-order valence-electron chi connectivity index (χ0n) is 21.4. The van der Waals surface area contributed by atoms with Gasteiger partial charge >= 0.3 is 13.5 Å². The number of nitrogens with one attached hydrogen (secondary N) is 1. The Bertz CT molecular complexity index is 1380. The monoisotopic (exact) mass is 652 g/mol. The number of alkyl halides is 1. The number of rotatable bonds is 4. The Morgan fingerprint density at radius 2 is 1.84 bits per heavy atom. The average molecular weight is 652 g/mol. The van der Waals surface area contributed by atoms with Crippen LogP contribution in [0.3, 0.4) is 0 Å². The summed E-state index contributed by atoms with van der Waals surface area (Å²) in [5.41, 5.74) is -0.976. The SMILES string of the molecule is CC(C)(C)c1cc(C(C)(C)C)c2c(c1F)CO[P@@](=O)(OC[C@H]1O[C@@H](n3cc([125I])c(=O)[nH]c3=O)C[C@@H]1F)O2. The van der Waals surface area contributed by atoms with E-state index in [4.69, 9.17) is 18.3 Å². The summed E-state index contributed by atoms with van der Waals surface area (Å²) >= 11 is 1.75. The number of ether oxygens (including phenoxy) is 1. The second-order valence-electron chi connectivity index (χ2n) is 11.2. The van der Waals surface area contributed by atoms with E-state index in [2.05, 4.69) is 4.98 Å². The molecule has 1 aromatic carbocycles. The van der Waals surface area contributed by atoms with E-state index in [9.17, 15) is 18.5 Å². The number of aromatic nitrogens is 2. The fourth-order valence-corrected chi connectivity index (χ4v) is 5.89. The predicted octanol–water partition coefficient (Wildman–Crippen LogP) is 5.23. The van der Waals surface area contributed by atoms with Gasteiger partial charge in [0, 0.05) is 18.2 Å². The summed E-state index contributed by atoms with van der Waals surface area (Å²) in [6.07, 6.45) is -2.62. The highest BCUT2D eigenvalue weighted by molar-refractivity contribution is 14.1. The zero-order chi connectivity index (χ0) is 27.5. The Hall–Kier alpha value is -1.60. The highest BCUT2D eigenvalue weighted by atomic mass is 125. The van der Waals surface area contributed by atoms with Gasteiger partial charge in [-0.25, -0.2) is 18.1 Å². The third kappa shape index (κ3) is 5.73. The first-order valence-corrected chi connectivity index (χ1v) is 14.3. The Labute approximate surface area is 226 Å². The van der Waals surface area contributed by atoms with Gasteiger partial charge in [0.1, 0.15) is 30.1 Å². The predicted molar refractivity (Wildman–Crippen MR) is 140 cm³/mol. The molecule has 2 aliphatic heterocycles. The lowest BCUT2D eigenvalue weighted by atomic mass is 9.78. The molecular formula is C24H30F2IN2O7P. The maximum Gasteiger partial charge on any atom is 0.530 e. The molecule has 0 aliphatic carbocycles. The zero-order valence-corrected chi connectivity index (χ0v) is 24.4. The molecule has 0 radical (unpaired) electrons. The fourth-order valence-electron chi connectivity index (χ4n) is 4.23. The van der Waals surface area contributed by atoms with Crippen molar-refractivity contribution < 1.29 is 31.7 Å². The van der Waals surface area contributed by atoms with Crippen LogP contribution < -0.4 is 15.8 Å². The summed E-state index contributed by atoms with van der Waals surface area (Å²) in [5.74, 6) is -0.391. The van der Waals surface area contributed by atoms with Gasteiger partial charge in [-0.2, -0.15) is 0 Å². The van der Waals surface area contributed by atoms with Crippen LogP contribution in [-0.2, 0) is 35.8 Å². The third-order valence-corrected chi connectivity index (χ3v) is 8.37. The summed E-state index contributed by atoms with van der Waals surface area (Å²) in [5, 5.41) is 0. The van der Waals surface area contributed by atoms with Crippen molar-refractivity contribution in [1.29, 1.82) is 0 Å². The minimum absolute atomic E-state index is 0.101. The molecule has 2 aliphatic rings. The Morgan fingerprint density at radius 3 is 2.46 bits per heavy atom. The van der Waals surface area contributed by atoms with E-state index in [-0.39, 0.29) is 27.9 Å². The molecule has 1 fully saturated rings. The van der Waals surface area contributed by atoms with Gasteiger partial charge in [0.25, 0.3) is 5.56 Å². The molecule has 4 rings (SSSR count). The second-order valence-corrected chi connectivity index (χ2v) is 14.0. The first-order chi connectivity index (χ1) is 17.0. The van der Waals surface area contributed by atoms with E-state index in [0.717, 1.165) is 4.57 Å². The quantitative estimate of drug-likeness (QED) is 0.356. The third-order valence-electron chi connectivity index (χ3n) is 6.29. The lowest BCUT2D eigenvalue weighted by molar-refractivity contribution is -0.0371. The van der Waals surface area contributed by atoms with E-state index in [0.29, 0.717) is 11.1 Å². The Balaban J connectivity index is 1.55. The molecule has 0 unspecified atom stereocenters. The van der Waals surface area contributed by atoms with Crippen LogP contribution in [0.5, 0.6) is 5.75 Å². The van der Waals surface area contributed by atoms with E-state index in [1.54, 1.807) is 28.7 Å². The molecule has 0 saturated carbocycles. The van der Waals surface area contributed by atoms with Crippen LogP contribution >= 0.6 is 30.4 Å². The van der Waals surface area contributed by atoms with Gasteiger partial charge in [-0.15, -0.1) is 0 Å². The molecule has 0 spiro atoms. The molecule has 2 aromatic rings. The van der Waals surface area contributed by atoms with Crippen molar-refractivity contribution in [2.24, 2.45) is 0 Å². The van der Waals surface area contributed by atoms with E-state index in [1.807, 2.05) is 41.5 Å². The number of nitrogens with zero attached hydrogens (tertiary/aromatic N) is 1. The van der Waals surface area contributed by atoms with Crippen LogP contribution in [-0.4, -0.2) is 28.4 Å². The highest BCUT2D eigenvalue weighted by Gasteiger charge is 2.43. The summed E-state index contributed by atoms with van der Waals surface area (Å²) < 4.78 is 67.0. The van der Waals surface area contributed by atoms with E-state index >= 15 is 4.39 Å². The van der Waals surface area contributed by atoms with Crippen molar-refractivity contribution in [1.82, 2.24) is 9.55 Å². The second kappa shape index (κ2) is 9.86. The maximum absolute atomic E-state index is 15.4. The number of phosphoric ester groups is 1. The van der Waals surface area contributed by atoms with Crippen LogP contribution in [0.1, 0.15) is 70.9 Å². The van der Waals surface area contributed by atoms with Gasteiger partial charge in [-0.05, 0) is 45.1 Å². The molecular weight excluding hydrogens is 622 g/mol. The number of phosphoric acid groups is 1. The summed E-state index contributed by atoms with van der Waals surface area (Å²) in [6, 6.07) is 1.72. The Morgan fingerprint density at radius 1 is 1.19 bits per heavy atom.